The molecule has 0 atom stereocenters. The Morgan fingerprint density at radius 2 is 1.96 bits per heavy atom. The van der Waals surface area contributed by atoms with E-state index in [9.17, 15) is 9.59 Å². The predicted octanol–water partition coefficient (Wildman–Crippen LogP) is 2.73. The van der Waals surface area contributed by atoms with Crippen molar-refractivity contribution >= 4 is 17.5 Å². The van der Waals surface area contributed by atoms with Crippen LogP contribution >= 0.6 is 0 Å². The monoisotopic (exact) mass is 346 g/mol. The van der Waals surface area contributed by atoms with Gasteiger partial charge in [-0.1, -0.05) is 12.1 Å². The summed E-state index contributed by atoms with van der Waals surface area (Å²) >= 11 is 0. The first-order valence-corrected chi connectivity index (χ1v) is 7.74. The molecule has 0 spiro atoms. The van der Waals surface area contributed by atoms with Crippen molar-refractivity contribution in [3.05, 3.63) is 83.6 Å². The Morgan fingerprint density at radius 1 is 1.12 bits per heavy atom. The smallest absolute Gasteiger partial charge is 0.270 e. The molecule has 0 aliphatic heterocycles. The fraction of sp³-hybridized carbons (Fsp3) is 0.0526. The largest absolute Gasteiger partial charge is 0.467 e. The summed E-state index contributed by atoms with van der Waals surface area (Å²) in [4.78, 5) is 28.6. The Hall–Kier alpha value is -3.92. The van der Waals surface area contributed by atoms with Gasteiger partial charge in [0.25, 0.3) is 11.8 Å². The Morgan fingerprint density at radius 3 is 2.73 bits per heavy atom. The van der Waals surface area contributed by atoms with Crippen LogP contribution in [-0.4, -0.2) is 16.8 Å². The average Bonchev–Trinajstić information content (AvgIpc) is 3.20. The molecule has 2 N–H and O–H groups in total. The summed E-state index contributed by atoms with van der Waals surface area (Å²) in [5.41, 5.74) is 1.13. The molecule has 0 unspecified atom stereocenters. The Kier molecular flexibility index (Phi) is 5.05. The summed E-state index contributed by atoms with van der Waals surface area (Å²) < 4.78 is 5.14. The summed E-state index contributed by atoms with van der Waals surface area (Å²) in [5.74, 6) is -0.246. The fourth-order valence-corrected chi connectivity index (χ4v) is 2.25. The van der Waals surface area contributed by atoms with Crippen LogP contribution in [0.3, 0.4) is 0 Å². The number of amides is 2. The number of nitrogens with zero attached hydrogens (tertiary/aromatic N) is 2. The Bertz CT molecular complexity index is 974. The lowest BCUT2D eigenvalue weighted by Crippen LogP contribution is -2.24. The second-order valence-corrected chi connectivity index (χ2v) is 5.30. The lowest BCUT2D eigenvalue weighted by Gasteiger charge is -2.08. The molecular formula is C19H14N4O3. The first kappa shape index (κ1) is 16.9. The van der Waals surface area contributed by atoms with E-state index in [0.717, 1.165) is 0 Å². The predicted molar refractivity (Wildman–Crippen MR) is 93.2 cm³/mol. The van der Waals surface area contributed by atoms with Crippen molar-refractivity contribution < 1.29 is 14.0 Å². The van der Waals surface area contributed by atoms with Crippen LogP contribution in [0.4, 0.5) is 5.69 Å². The van der Waals surface area contributed by atoms with E-state index in [4.69, 9.17) is 9.68 Å². The van der Waals surface area contributed by atoms with Gasteiger partial charge in [0.1, 0.15) is 17.5 Å². The van der Waals surface area contributed by atoms with Crippen molar-refractivity contribution in [3.8, 4) is 6.07 Å². The number of carbonyl (C=O) groups is 2. The number of nitrogens with one attached hydrogen (secondary N) is 2. The highest BCUT2D eigenvalue weighted by atomic mass is 16.3. The molecule has 26 heavy (non-hydrogen) atoms. The number of furan rings is 1. The minimum atomic E-state index is -0.435. The van der Waals surface area contributed by atoms with Crippen molar-refractivity contribution in [2.24, 2.45) is 0 Å². The molecule has 2 amide bonds. The van der Waals surface area contributed by atoms with Crippen LogP contribution in [0, 0.1) is 11.3 Å². The normalized spacial score (nSPS) is 9.96. The Labute approximate surface area is 149 Å². The van der Waals surface area contributed by atoms with Gasteiger partial charge in [-0.15, -0.1) is 0 Å². The summed E-state index contributed by atoms with van der Waals surface area (Å²) in [7, 11) is 0. The van der Waals surface area contributed by atoms with Crippen molar-refractivity contribution in [2.45, 2.75) is 6.54 Å². The highest BCUT2D eigenvalue weighted by Crippen LogP contribution is 2.15. The molecule has 2 aromatic heterocycles. The van der Waals surface area contributed by atoms with Gasteiger partial charge in [0.05, 0.1) is 24.1 Å². The molecule has 1 aromatic carbocycles. The van der Waals surface area contributed by atoms with E-state index in [0.29, 0.717) is 17.0 Å². The molecule has 7 nitrogen and oxygen atoms in total. The number of rotatable bonds is 5. The third-order valence-electron chi connectivity index (χ3n) is 3.55. The molecule has 0 saturated heterocycles. The summed E-state index contributed by atoms with van der Waals surface area (Å²) in [6.45, 7) is 0.222. The van der Waals surface area contributed by atoms with Crippen LogP contribution in [0.1, 0.15) is 32.2 Å². The van der Waals surface area contributed by atoms with E-state index in [1.165, 1.54) is 24.6 Å². The van der Waals surface area contributed by atoms with Crippen molar-refractivity contribution in [1.29, 1.82) is 5.26 Å². The molecule has 7 heteroatoms. The third kappa shape index (κ3) is 3.94. The number of benzene rings is 1. The summed E-state index contributed by atoms with van der Waals surface area (Å²) in [5, 5.41) is 14.4. The quantitative estimate of drug-likeness (QED) is 0.738. The van der Waals surface area contributed by atoms with Crippen molar-refractivity contribution in [3.63, 3.8) is 0 Å². The van der Waals surface area contributed by atoms with Gasteiger partial charge in [-0.3, -0.25) is 14.6 Å². The van der Waals surface area contributed by atoms with Crippen molar-refractivity contribution in [2.75, 3.05) is 5.32 Å². The zero-order valence-corrected chi connectivity index (χ0v) is 13.6. The third-order valence-corrected chi connectivity index (χ3v) is 3.55. The number of hydrogen-bond donors (Lipinski definition) is 2. The molecule has 0 saturated carbocycles. The number of aromatic nitrogens is 1. The van der Waals surface area contributed by atoms with Crippen LogP contribution in [0.15, 0.2) is 65.4 Å². The molecule has 0 radical (unpaired) electrons. The van der Waals surface area contributed by atoms with Gasteiger partial charge in [-0.05, 0) is 36.4 Å². The molecule has 128 valence electrons. The maximum Gasteiger partial charge on any atom is 0.270 e. The second kappa shape index (κ2) is 7.77. The second-order valence-electron chi connectivity index (χ2n) is 5.30. The number of carbonyl (C=O) groups excluding carboxylic acids is 2. The highest BCUT2D eigenvalue weighted by molar-refractivity contribution is 6.06. The van der Waals surface area contributed by atoms with E-state index >= 15 is 0 Å². The first-order valence-electron chi connectivity index (χ1n) is 7.74. The summed E-state index contributed by atoms with van der Waals surface area (Å²) in [6.07, 6.45) is 2.90. The number of para-hydroxylation sites is 1. The average molecular weight is 346 g/mol. The van der Waals surface area contributed by atoms with Gasteiger partial charge < -0.3 is 15.1 Å². The lowest BCUT2D eigenvalue weighted by atomic mass is 10.1. The number of nitriles is 1. The van der Waals surface area contributed by atoms with Crippen LogP contribution in [-0.2, 0) is 6.54 Å². The first-order chi connectivity index (χ1) is 12.7. The van der Waals surface area contributed by atoms with E-state index in [1.807, 2.05) is 6.07 Å². The van der Waals surface area contributed by atoms with Gasteiger partial charge in [-0.25, -0.2) is 0 Å². The van der Waals surface area contributed by atoms with E-state index in [2.05, 4.69) is 15.6 Å². The van der Waals surface area contributed by atoms with Gasteiger partial charge in [0.2, 0.25) is 0 Å². The molecule has 3 aromatic rings. The van der Waals surface area contributed by atoms with Crippen LogP contribution in [0.5, 0.6) is 0 Å². The molecule has 0 bridgehead atoms. The lowest BCUT2D eigenvalue weighted by molar-refractivity contribution is 0.0943. The maximum atomic E-state index is 12.4. The minimum absolute atomic E-state index is 0.109. The SMILES string of the molecule is N#Cc1ccccc1NC(=O)c1ccnc(C(=O)NCc2ccco2)c1. The minimum Gasteiger partial charge on any atom is -0.467 e. The standard InChI is InChI=1S/C19H14N4O3/c20-11-14-4-1-2-6-16(14)23-18(24)13-7-8-21-17(10-13)19(25)22-12-15-5-3-9-26-15/h1-10H,12H2,(H,22,25)(H,23,24). The van der Waals surface area contributed by atoms with Gasteiger partial charge >= 0.3 is 0 Å². The highest BCUT2D eigenvalue weighted by Gasteiger charge is 2.13. The van der Waals surface area contributed by atoms with Crippen molar-refractivity contribution in [1.82, 2.24) is 10.3 Å². The molecule has 0 aliphatic rings. The zero-order chi connectivity index (χ0) is 18.4. The Balaban J connectivity index is 1.71. The van der Waals surface area contributed by atoms with Crippen LogP contribution < -0.4 is 10.6 Å². The van der Waals surface area contributed by atoms with E-state index < -0.39 is 11.8 Å². The topological polar surface area (TPSA) is 108 Å². The summed E-state index contributed by atoms with van der Waals surface area (Å²) in [6, 6.07) is 15.0. The molecule has 0 aliphatic carbocycles. The van der Waals surface area contributed by atoms with Gasteiger partial charge in [0, 0.05) is 11.8 Å². The molecular weight excluding hydrogens is 332 g/mol. The van der Waals surface area contributed by atoms with Crippen LogP contribution in [0.25, 0.3) is 0 Å². The number of anilines is 1. The zero-order valence-electron chi connectivity index (χ0n) is 13.6. The molecule has 3 rings (SSSR count). The van der Waals surface area contributed by atoms with E-state index in [-0.39, 0.29) is 17.8 Å². The van der Waals surface area contributed by atoms with Gasteiger partial charge in [0.15, 0.2) is 0 Å². The van der Waals surface area contributed by atoms with Gasteiger partial charge in [-0.2, -0.15) is 5.26 Å². The van der Waals surface area contributed by atoms with E-state index in [1.54, 1.807) is 36.4 Å². The maximum absolute atomic E-state index is 12.4. The van der Waals surface area contributed by atoms with Crippen LogP contribution in [0.2, 0.25) is 0 Å². The molecule has 0 fully saturated rings. The fourth-order valence-electron chi connectivity index (χ4n) is 2.25. The molecule has 2 heterocycles. The number of pyridine rings is 1. The number of hydrogen-bond acceptors (Lipinski definition) is 5.